The number of sulfonamides is 1. The van der Waals surface area contributed by atoms with Crippen molar-refractivity contribution in [3.05, 3.63) is 48.0 Å². The van der Waals surface area contributed by atoms with Crippen LogP contribution in [0.2, 0.25) is 0 Å². The molecular weight excluding hydrogens is 432 g/mol. The minimum Gasteiger partial charge on any atom is -0.495 e. The first-order valence-electron chi connectivity index (χ1n) is 10.4. The molecule has 8 heteroatoms. The van der Waals surface area contributed by atoms with E-state index in [0.717, 1.165) is 16.1 Å². The van der Waals surface area contributed by atoms with Gasteiger partial charge in [-0.2, -0.15) is 4.31 Å². The molecule has 1 saturated heterocycles. The van der Waals surface area contributed by atoms with Crippen LogP contribution in [-0.4, -0.2) is 45.1 Å². The Morgan fingerprint density at radius 3 is 2.68 bits per heavy atom. The van der Waals surface area contributed by atoms with E-state index in [0.29, 0.717) is 25.1 Å². The lowest BCUT2D eigenvalue weighted by Crippen LogP contribution is -2.43. The Morgan fingerprint density at radius 2 is 2.00 bits per heavy atom. The third-order valence-electron chi connectivity index (χ3n) is 5.56. The number of carbonyl (C=O) groups is 1. The number of hydrogen-bond acceptors (Lipinski definition) is 5. The highest BCUT2D eigenvalue weighted by atomic mass is 32.2. The summed E-state index contributed by atoms with van der Waals surface area (Å²) < 4.78 is 33.7. The Labute approximate surface area is 189 Å². The zero-order valence-corrected chi connectivity index (χ0v) is 20.1. The third kappa shape index (κ3) is 5.42. The van der Waals surface area contributed by atoms with Crippen LogP contribution in [0.15, 0.2) is 52.3 Å². The maximum Gasteiger partial charge on any atom is 0.246 e. The molecule has 0 saturated carbocycles. The molecule has 1 atom stereocenters. The van der Waals surface area contributed by atoms with Crippen molar-refractivity contribution in [2.45, 2.75) is 42.4 Å². The van der Waals surface area contributed by atoms with Crippen molar-refractivity contribution in [1.82, 2.24) is 4.31 Å². The molecule has 1 aliphatic heterocycles. The number of carbonyl (C=O) groups excluding carboxylic acids is 1. The predicted octanol–water partition coefficient (Wildman–Crippen LogP) is 4.58. The molecule has 2 aromatic rings. The number of rotatable bonds is 7. The number of benzene rings is 2. The maximum atomic E-state index is 13.5. The zero-order chi connectivity index (χ0) is 22.6. The number of amides is 1. The molecule has 3 rings (SSSR count). The molecule has 2 aromatic carbocycles. The SMILES string of the molecule is COc1ccc(C(C)C)cc1S(=O)(=O)N1CCC[C@@H](C(=O)Nc2cccc(SC)c2)C1. The summed E-state index contributed by atoms with van der Waals surface area (Å²) in [5, 5.41) is 2.95. The first-order valence-corrected chi connectivity index (χ1v) is 13.1. The van der Waals surface area contributed by atoms with E-state index in [2.05, 4.69) is 5.32 Å². The zero-order valence-electron chi connectivity index (χ0n) is 18.4. The third-order valence-corrected chi connectivity index (χ3v) is 8.18. The van der Waals surface area contributed by atoms with Gasteiger partial charge in [0.2, 0.25) is 15.9 Å². The van der Waals surface area contributed by atoms with Crippen molar-refractivity contribution < 1.29 is 17.9 Å². The van der Waals surface area contributed by atoms with Crippen LogP contribution >= 0.6 is 11.8 Å². The highest BCUT2D eigenvalue weighted by molar-refractivity contribution is 7.98. The molecule has 0 aromatic heterocycles. The summed E-state index contributed by atoms with van der Waals surface area (Å²) in [5.74, 6) is -0.0385. The fourth-order valence-corrected chi connectivity index (χ4v) is 5.89. The summed E-state index contributed by atoms with van der Waals surface area (Å²) in [6.07, 6.45) is 3.27. The molecule has 1 fully saturated rings. The Morgan fingerprint density at radius 1 is 1.23 bits per heavy atom. The van der Waals surface area contributed by atoms with Gasteiger partial charge in [-0.1, -0.05) is 26.0 Å². The molecule has 0 radical (unpaired) electrons. The van der Waals surface area contributed by atoms with Crippen molar-refractivity contribution in [3.8, 4) is 5.75 Å². The van der Waals surface area contributed by atoms with E-state index in [9.17, 15) is 13.2 Å². The number of ether oxygens (including phenoxy) is 1. The van der Waals surface area contributed by atoms with E-state index in [1.807, 2.05) is 50.4 Å². The molecule has 0 spiro atoms. The standard InChI is InChI=1S/C23H30N2O4S2/c1-16(2)17-10-11-21(29-3)22(13-17)31(27,28)25-12-6-7-18(15-25)23(26)24-19-8-5-9-20(14-19)30-4/h5,8-11,13-14,16,18H,6-7,12,15H2,1-4H3,(H,24,26)/t18-/m1/s1. The highest BCUT2D eigenvalue weighted by Gasteiger charge is 2.35. The summed E-state index contributed by atoms with van der Waals surface area (Å²) in [5.41, 5.74) is 1.66. The van der Waals surface area contributed by atoms with Crippen LogP contribution in [-0.2, 0) is 14.8 Å². The van der Waals surface area contributed by atoms with E-state index in [1.165, 1.54) is 11.4 Å². The van der Waals surface area contributed by atoms with E-state index in [-0.39, 0.29) is 23.3 Å². The molecule has 0 bridgehead atoms. The number of nitrogens with zero attached hydrogens (tertiary/aromatic N) is 1. The monoisotopic (exact) mass is 462 g/mol. The topological polar surface area (TPSA) is 75.7 Å². The molecule has 0 aliphatic carbocycles. The van der Waals surface area contributed by atoms with Crippen LogP contribution in [0.1, 0.15) is 38.2 Å². The summed E-state index contributed by atoms with van der Waals surface area (Å²) >= 11 is 1.60. The average molecular weight is 463 g/mol. The first kappa shape index (κ1) is 23.6. The smallest absolute Gasteiger partial charge is 0.246 e. The van der Waals surface area contributed by atoms with E-state index in [1.54, 1.807) is 23.9 Å². The number of nitrogens with one attached hydrogen (secondary N) is 1. The molecular formula is C23H30N2O4S2. The molecule has 168 valence electrons. The van der Waals surface area contributed by atoms with Gasteiger partial charge in [0, 0.05) is 23.7 Å². The fraction of sp³-hybridized carbons (Fsp3) is 0.435. The highest BCUT2D eigenvalue weighted by Crippen LogP contribution is 2.32. The quantitative estimate of drug-likeness (QED) is 0.610. The van der Waals surface area contributed by atoms with Gasteiger partial charge in [0.1, 0.15) is 10.6 Å². The number of methoxy groups -OCH3 is 1. The Kier molecular flexibility index (Phi) is 7.67. The largest absolute Gasteiger partial charge is 0.495 e. The lowest BCUT2D eigenvalue weighted by Gasteiger charge is -2.31. The summed E-state index contributed by atoms with van der Waals surface area (Å²) in [6, 6.07) is 12.9. The van der Waals surface area contributed by atoms with Gasteiger partial charge >= 0.3 is 0 Å². The molecule has 31 heavy (non-hydrogen) atoms. The Balaban J connectivity index is 1.80. The fourth-order valence-electron chi connectivity index (χ4n) is 3.71. The van der Waals surface area contributed by atoms with Crippen molar-refractivity contribution in [3.63, 3.8) is 0 Å². The van der Waals surface area contributed by atoms with Gasteiger partial charge in [-0.15, -0.1) is 11.8 Å². The maximum absolute atomic E-state index is 13.5. The molecule has 1 aliphatic rings. The van der Waals surface area contributed by atoms with Gasteiger partial charge in [0.15, 0.2) is 0 Å². The van der Waals surface area contributed by atoms with Crippen LogP contribution in [0.25, 0.3) is 0 Å². The van der Waals surface area contributed by atoms with Crippen molar-refractivity contribution in [2.75, 3.05) is 31.8 Å². The number of piperidine rings is 1. The van der Waals surface area contributed by atoms with Crippen molar-refractivity contribution in [1.29, 1.82) is 0 Å². The average Bonchev–Trinajstić information content (AvgIpc) is 2.78. The minimum atomic E-state index is -3.79. The van der Waals surface area contributed by atoms with Gasteiger partial charge in [0.05, 0.1) is 13.0 Å². The van der Waals surface area contributed by atoms with E-state index >= 15 is 0 Å². The van der Waals surface area contributed by atoms with Crippen LogP contribution < -0.4 is 10.1 Å². The summed E-state index contributed by atoms with van der Waals surface area (Å²) in [6.45, 7) is 4.59. The number of thioether (sulfide) groups is 1. The van der Waals surface area contributed by atoms with E-state index in [4.69, 9.17) is 4.74 Å². The lowest BCUT2D eigenvalue weighted by atomic mass is 9.99. The number of hydrogen-bond donors (Lipinski definition) is 1. The first-order chi connectivity index (χ1) is 14.8. The second-order valence-electron chi connectivity index (χ2n) is 7.99. The molecule has 6 nitrogen and oxygen atoms in total. The second kappa shape index (κ2) is 10.1. The molecule has 1 N–H and O–H groups in total. The van der Waals surface area contributed by atoms with Gasteiger partial charge in [0.25, 0.3) is 0 Å². The van der Waals surface area contributed by atoms with Crippen LogP contribution in [0.5, 0.6) is 5.75 Å². The van der Waals surface area contributed by atoms with Gasteiger partial charge < -0.3 is 10.1 Å². The van der Waals surface area contributed by atoms with Gasteiger partial charge in [-0.05, 0) is 60.9 Å². The Bertz CT molecular complexity index is 1040. The number of anilines is 1. The predicted molar refractivity (Wildman–Crippen MR) is 125 cm³/mol. The van der Waals surface area contributed by atoms with Crippen molar-refractivity contribution in [2.24, 2.45) is 5.92 Å². The lowest BCUT2D eigenvalue weighted by molar-refractivity contribution is -0.120. The van der Waals surface area contributed by atoms with Gasteiger partial charge in [-0.25, -0.2) is 8.42 Å². The normalized spacial score (nSPS) is 17.5. The van der Waals surface area contributed by atoms with E-state index < -0.39 is 15.9 Å². The summed E-state index contributed by atoms with van der Waals surface area (Å²) in [7, 11) is -2.31. The van der Waals surface area contributed by atoms with Gasteiger partial charge in [-0.3, -0.25) is 4.79 Å². The Hall–Kier alpha value is -2.03. The van der Waals surface area contributed by atoms with Crippen molar-refractivity contribution >= 4 is 33.4 Å². The molecule has 1 heterocycles. The molecule has 1 amide bonds. The molecule has 0 unspecified atom stereocenters. The summed E-state index contributed by atoms with van der Waals surface area (Å²) in [4.78, 5) is 14.1. The van der Waals surface area contributed by atoms with Crippen LogP contribution in [0, 0.1) is 5.92 Å². The second-order valence-corrected chi connectivity index (χ2v) is 10.8. The minimum absolute atomic E-state index is 0.152. The van der Waals surface area contributed by atoms with Crippen LogP contribution in [0.4, 0.5) is 5.69 Å². The van der Waals surface area contributed by atoms with Crippen LogP contribution in [0.3, 0.4) is 0 Å².